The Hall–Kier alpha value is -0.0600. The summed E-state index contributed by atoms with van der Waals surface area (Å²) < 4.78 is 13.0. The molecule has 0 amide bonds. The van der Waals surface area contributed by atoms with Gasteiger partial charge in [0.15, 0.2) is 0 Å². The Kier molecular flexibility index (Phi) is 5.94. The molecule has 2 aliphatic rings. The number of hydrogen-bond acceptors (Lipinski definition) is 6. The van der Waals surface area contributed by atoms with Crippen molar-refractivity contribution in [2.45, 2.75) is 62.0 Å². The number of ether oxygens (including phenoxy) is 2. The maximum atomic E-state index is 10.5. The number of aliphatic hydroxyl groups excluding tert-OH is 3. The van der Waals surface area contributed by atoms with Crippen LogP contribution in [-0.4, -0.2) is 64.3 Å². The Labute approximate surface area is 130 Å². The van der Waals surface area contributed by atoms with E-state index in [1.54, 1.807) is 4.08 Å². The molecule has 7 atom stereocenters. The van der Waals surface area contributed by atoms with Crippen molar-refractivity contribution in [1.29, 1.82) is 0 Å². The molecule has 0 bridgehead atoms. The summed E-state index contributed by atoms with van der Waals surface area (Å²) >= 11 is 1.96. The monoisotopic (exact) mass is 398 g/mol. The van der Waals surface area contributed by atoms with Crippen LogP contribution in [0.4, 0.5) is 0 Å². The van der Waals surface area contributed by atoms with Gasteiger partial charge in [-0.15, -0.1) is 0 Å². The second kappa shape index (κ2) is 7.28. The van der Waals surface area contributed by atoms with Crippen molar-refractivity contribution < 1.29 is 29.6 Å². The Bertz CT molecular complexity index is 361. The van der Waals surface area contributed by atoms with Gasteiger partial charge in [0.05, 0.1) is 12.2 Å². The number of fused-ring (bicyclic) bond motifs is 1. The van der Waals surface area contributed by atoms with Gasteiger partial charge in [0.25, 0.3) is 0 Å². The molecule has 7 heteroatoms. The van der Waals surface area contributed by atoms with Crippen LogP contribution in [0.2, 0.25) is 0 Å². The van der Waals surface area contributed by atoms with Gasteiger partial charge >= 0.3 is 0 Å². The Balaban J connectivity index is 2.06. The summed E-state index contributed by atoms with van der Waals surface area (Å²) in [6.07, 6.45) is -1.64. The average Bonchev–Trinajstić information content (AvgIpc) is 2.44. The fourth-order valence-corrected chi connectivity index (χ4v) is 3.18. The maximum absolute atomic E-state index is 10.5. The van der Waals surface area contributed by atoms with E-state index >= 15 is 0 Å². The first-order chi connectivity index (χ1) is 9.58. The largest absolute Gasteiger partial charge is 0.387 e. The summed E-state index contributed by atoms with van der Waals surface area (Å²) in [7, 11) is 0. The molecule has 20 heavy (non-hydrogen) atoms. The smallest absolute Gasteiger partial charge is 0.122 e. The summed E-state index contributed by atoms with van der Waals surface area (Å²) in [4.78, 5) is 10.5. The van der Waals surface area contributed by atoms with Crippen LogP contribution < -0.4 is 0 Å². The molecule has 0 aromatic rings. The minimum atomic E-state index is -1.23. The molecule has 2 aliphatic heterocycles. The van der Waals surface area contributed by atoms with Crippen molar-refractivity contribution in [3.8, 4) is 0 Å². The summed E-state index contributed by atoms with van der Waals surface area (Å²) in [5, 5.41) is 30.1. The molecule has 0 aliphatic carbocycles. The van der Waals surface area contributed by atoms with E-state index in [4.69, 9.17) is 9.47 Å². The molecular formula is C13H19IO6. The minimum Gasteiger partial charge on any atom is -0.387 e. The number of aliphatic hydroxyl groups is 3. The zero-order valence-electron chi connectivity index (χ0n) is 10.8. The number of aldehydes is 1. The van der Waals surface area contributed by atoms with Crippen molar-refractivity contribution in [3.63, 3.8) is 0 Å². The summed E-state index contributed by atoms with van der Waals surface area (Å²) in [5.74, 6) is 0. The van der Waals surface area contributed by atoms with Crippen LogP contribution in [0.1, 0.15) is 19.3 Å². The zero-order chi connectivity index (χ0) is 14.7. The number of carbonyl (C=O) groups excluding carboxylic acids is 1. The molecule has 2 fully saturated rings. The van der Waals surface area contributed by atoms with Crippen LogP contribution in [0.3, 0.4) is 0 Å². The predicted molar refractivity (Wildman–Crippen MR) is 78.4 cm³/mol. The van der Waals surface area contributed by atoms with Crippen LogP contribution in [0, 0.1) is 0 Å². The lowest BCUT2D eigenvalue weighted by molar-refractivity contribution is -0.273. The van der Waals surface area contributed by atoms with E-state index in [2.05, 4.69) is 0 Å². The van der Waals surface area contributed by atoms with E-state index in [9.17, 15) is 20.1 Å². The van der Waals surface area contributed by atoms with E-state index in [-0.39, 0.29) is 18.6 Å². The van der Waals surface area contributed by atoms with Gasteiger partial charge in [0.2, 0.25) is 0 Å². The average molecular weight is 398 g/mol. The third kappa shape index (κ3) is 3.40. The van der Waals surface area contributed by atoms with Gasteiger partial charge in [-0.3, -0.25) is 0 Å². The highest BCUT2D eigenvalue weighted by Crippen LogP contribution is 2.33. The van der Waals surface area contributed by atoms with E-state index in [1.807, 2.05) is 22.6 Å². The maximum Gasteiger partial charge on any atom is 0.122 e. The highest BCUT2D eigenvalue weighted by atomic mass is 127. The first kappa shape index (κ1) is 16.3. The topological polar surface area (TPSA) is 96.2 Å². The lowest BCUT2D eigenvalue weighted by atomic mass is 9.87. The van der Waals surface area contributed by atoms with E-state index in [1.165, 1.54) is 6.08 Å². The second-order valence-corrected chi connectivity index (χ2v) is 5.85. The van der Waals surface area contributed by atoms with E-state index in [0.717, 1.165) is 6.29 Å². The third-order valence-electron chi connectivity index (χ3n) is 3.81. The number of carbonyl (C=O) groups is 1. The summed E-state index contributed by atoms with van der Waals surface area (Å²) in [6, 6.07) is 0. The van der Waals surface area contributed by atoms with Crippen LogP contribution >= 0.6 is 22.6 Å². The van der Waals surface area contributed by atoms with Gasteiger partial charge in [-0.1, -0.05) is 22.6 Å². The fraction of sp³-hybridized carbons (Fsp3) is 0.769. The molecule has 2 saturated heterocycles. The highest BCUT2D eigenvalue weighted by Gasteiger charge is 2.49. The first-order valence-electron chi connectivity index (χ1n) is 6.64. The number of rotatable bonds is 4. The third-order valence-corrected chi connectivity index (χ3v) is 4.23. The lowest BCUT2D eigenvalue weighted by Gasteiger charge is -2.47. The molecule has 6 nitrogen and oxygen atoms in total. The van der Waals surface area contributed by atoms with Crippen molar-refractivity contribution in [2.24, 2.45) is 0 Å². The fourth-order valence-electron chi connectivity index (χ4n) is 2.76. The Morgan fingerprint density at radius 3 is 2.65 bits per heavy atom. The molecule has 0 saturated carbocycles. The van der Waals surface area contributed by atoms with Gasteiger partial charge in [-0.25, -0.2) is 0 Å². The zero-order valence-corrected chi connectivity index (χ0v) is 13.0. The van der Waals surface area contributed by atoms with Crippen molar-refractivity contribution in [2.75, 3.05) is 0 Å². The van der Waals surface area contributed by atoms with E-state index < -0.39 is 30.5 Å². The van der Waals surface area contributed by atoms with Gasteiger partial charge < -0.3 is 29.6 Å². The predicted octanol–water partition coefficient (Wildman–Crippen LogP) is -0.0782. The molecular weight excluding hydrogens is 379 g/mol. The van der Waals surface area contributed by atoms with Crippen LogP contribution in [0.25, 0.3) is 0 Å². The molecule has 3 N–H and O–H groups in total. The Morgan fingerprint density at radius 1 is 1.25 bits per heavy atom. The molecule has 1 unspecified atom stereocenters. The van der Waals surface area contributed by atoms with Gasteiger partial charge in [-0.05, 0) is 23.0 Å². The second-order valence-electron chi connectivity index (χ2n) is 5.13. The number of halogens is 1. The molecule has 2 heterocycles. The minimum absolute atomic E-state index is 0.241. The molecule has 0 aromatic carbocycles. The molecule has 0 spiro atoms. The van der Waals surface area contributed by atoms with E-state index in [0.29, 0.717) is 12.8 Å². The van der Waals surface area contributed by atoms with Crippen molar-refractivity contribution in [1.82, 2.24) is 0 Å². The molecule has 0 radical (unpaired) electrons. The summed E-state index contributed by atoms with van der Waals surface area (Å²) in [5.41, 5.74) is 0. The van der Waals surface area contributed by atoms with Gasteiger partial charge in [0.1, 0.15) is 36.8 Å². The van der Waals surface area contributed by atoms with Gasteiger partial charge in [0, 0.05) is 6.42 Å². The standard InChI is InChI=1S/C13H19IO6/c14-5-3-8(16)12-10(17)11(18)13-9(20-12)2-1-7(19-13)4-6-15/h3,5-13,16-18H,1-2,4H2/b5-3+/t7-,8+,9?,10+,11-,12+,13+/m1/s1. The highest BCUT2D eigenvalue weighted by molar-refractivity contribution is 14.1. The van der Waals surface area contributed by atoms with Crippen LogP contribution in [0.5, 0.6) is 0 Å². The normalized spacial score (nSPS) is 43.2. The van der Waals surface area contributed by atoms with Crippen molar-refractivity contribution >= 4 is 28.9 Å². The molecule has 0 aromatic heterocycles. The Morgan fingerprint density at radius 2 is 2.00 bits per heavy atom. The SMILES string of the molecule is O=CC[C@H]1CCC2O[C@@H]([C@@H](O)/C=C/I)[C@@H](O)[C@@H](O)[C@H]2O1. The number of hydrogen-bond donors (Lipinski definition) is 3. The van der Waals surface area contributed by atoms with Crippen LogP contribution in [-0.2, 0) is 14.3 Å². The first-order valence-corrected chi connectivity index (χ1v) is 7.88. The van der Waals surface area contributed by atoms with Crippen molar-refractivity contribution in [3.05, 3.63) is 10.2 Å². The summed E-state index contributed by atoms with van der Waals surface area (Å²) in [6.45, 7) is 0. The van der Waals surface area contributed by atoms with Crippen LogP contribution in [0.15, 0.2) is 10.2 Å². The molecule has 2 rings (SSSR count). The quantitative estimate of drug-likeness (QED) is 0.453. The van der Waals surface area contributed by atoms with Gasteiger partial charge in [-0.2, -0.15) is 0 Å². The molecule has 114 valence electrons. The lowest BCUT2D eigenvalue weighted by Crippen LogP contribution is -2.63.